The molecule has 0 saturated carbocycles. The van der Waals surface area contributed by atoms with Gasteiger partial charge in [0.25, 0.3) is 0 Å². The van der Waals surface area contributed by atoms with Gasteiger partial charge >= 0.3 is 0 Å². The van der Waals surface area contributed by atoms with E-state index in [0.717, 1.165) is 18.8 Å². The van der Waals surface area contributed by atoms with Gasteiger partial charge in [0.1, 0.15) is 12.4 Å². The van der Waals surface area contributed by atoms with Crippen LogP contribution in [0.25, 0.3) is 0 Å². The SMILES string of the molecule is CCNCC(C)OCc1ccco1. The number of likely N-dealkylation sites (N-methyl/N-ethyl adjacent to an activating group) is 1. The first-order valence-electron chi connectivity index (χ1n) is 4.67. The van der Waals surface area contributed by atoms with Gasteiger partial charge in [0.2, 0.25) is 0 Å². The summed E-state index contributed by atoms with van der Waals surface area (Å²) in [6.45, 7) is 6.55. The molecule has 3 heteroatoms. The third-order valence-corrected chi connectivity index (χ3v) is 1.77. The molecule has 0 aliphatic heterocycles. The smallest absolute Gasteiger partial charge is 0.129 e. The summed E-state index contributed by atoms with van der Waals surface area (Å²) in [7, 11) is 0. The van der Waals surface area contributed by atoms with Crippen molar-refractivity contribution in [1.82, 2.24) is 5.32 Å². The maximum Gasteiger partial charge on any atom is 0.129 e. The Balaban J connectivity index is 2.11. The van der Waals surface area contributed by atoms with E-state index in [1.54, 1.807) is 6.26 Å². The van der Waals surface area contributed by atoms with E-state index in [4.69, 9.17) is 9.15 Å². The minimum absolute atomic E-state index is 0.227. The molecule has 0 saturated heterocycles. The van der Waals surface area contributed by atoms with Gasteiger partial charge in [-0.15, -0.1) is 0 Å². The Morgan fingerprint density at radius 3 is 3.08 bits per heavy atom. The van der Waals surface area contributed by atoms with Crippen LogP contribution in [0.4, 0.5) is 0 Å². The van der Waals surface area contributed by atoms with Crippen LogP contribution in [0.2, 0.25) is 0 Å². The van der Waals surface area contributed by atoms with Crippen LogP contribution in [0.5, 0.6) is 0 Å². The lowest BCUT2D eigenvalue weighted by molar-refractivity contribution is 0.0433. The second kappa shape index (κ2) is 5.78. The van der Waals surface area contributed by atoms with Crippen molar-refractivity contribution in [2.24, 2.45) is 0 Å². The van der Waals surface area contributed by atoms with Crippen LogP contribution < -0.4 is 5.32 Å². The first-order valence-corrected chi connectivity index (χ1v) is 4.67. The molecule has 1 aromatic heterocycles. The van der Waals surface area contributed by atoms with E-state index >= 15 is 0 Å². The molecule has 1 atom stereocenters. The van der Waals surface area contributed by atoms with Crippen molar-refractivity contribution in [2.45, 2.75) is 26.6 Å². The fourth-order valence-electron chi connectivity index (χ4n) is 1.03. The fraction of sp³-hybridized carbons (Fsp3) is 0.600. The number of ether oxygens (including phenoxy) is 1. The van der Waals surface area contributed by atoms with Gasteiger partial charge in [0.05, 0.1) is 12.4 Å². The lowest BCUT2D eigenvalue weighted by Gasteiger charge is -2.11. The first-order chi connectivity index (χ1) is 6.33. The Morgan fingerprint density at radius 1 is 1.62 bits per heavy atom. The second-order valence-electron chi connectivity index (χ2n) is 3.01. The van der Waals surface area contributed by atoms with Crippen LogP contribution in [0, 0.1) is 0 Å². The van der Waals surface area contributed by atoms with Crippen LogP contribution in [0.15, 0.2) is 22.8 Å². The van der Waals surface area contributed by atoms with E-state index in [1.165, 1.54) is 0 Å². The van der Waals surface area contributed by atoms with Crippen LogP contribution in [-0.2, 0) is 11.3 Å². The molecule has 0 aliphatic rings. The van der Waals surface area contributed by atoms with E-state index in [9.17, 15) is 0 Å². The molecule has 0 fully saturated rings. The molecule has 1 heterocycles. The molecule has 13 heavy (non-hydrogen) atoms. The van der Waals surface area contributed by atoms with Gasteiger partial charge in [0.15, 0.2) is 0 Å². The standard InChI is InChI=1S/C10H17NO2/c1-3-11-7-9(2)13-8-10-5-4-6-12-10/h4-6,9,11H,3,7-8H2,1-2H3. The molecule has 3 nitrogen and oxygen atoms in total. The van der Waals surface area contributed by atoms with Crippen molar-refractivity contribution in [3.8, 4) is 0 Å². The molecule has 1 N–H and O–H groups in total. The quantitative estimate of drug-likeness (QED) is 0.730. The molecular weight excluding hydrogens is 166 g/mol. The van der Waals surface area contributed by atoms with Crippen molar-refractivity contribution in [3.05, 3.63) is 24.2 Å². The van der Waals surface area contributed by atoms with Gasteiger partial charge in [-0.1, -0.05) is 6.92 Å². The highest BCUT2D eigenvalue weighted by atomic mass is 16.5. The molecule has 0 amide bonds. The van der Waals surface area contributed by atoms with Crippen molar-refractivity contribution < 1.29 is 9.15 Å². The van der Waals surface area contributed by atoms with Crippen LogP contribution >= 0.6 is 0 Å². The number of hydrogen-bond donors (Lipinski definition) is 1. The third kappa shape index (κ3) is 4.10. The average Bonchev–Trinajstić information content (AvgIpc) is 2.64. The average molecular weight is 183 g/mol. The normalized spacial score (nSPS) is 13.1. The van der Waals surface area contributed by atoms with E-state index in [0.29, 0.717) is 6.61 Å². The molecular formula is C10H17NO2. The Bertz CT molecular complexity index is 209. The van der Waals surface area contributed by atoms with Crippen LogP contribution in [0.3, 0.4) is 0 Å². The summed E-state index contributed by atoms with van der Waals surface area (Å²) >= 11 is 0. The summed E-state index contributed by atoms with van der Waals surface area (Å²) in [5, 5.41) is 3.22. The Labute approximate surface area is 79.1 Å². The number of rotatable bonds is 6. The maximum atomic E-state index is 5.53. The van der Waals surface area contributed by atoms with Crippen molar-refractivity contribution in [3.63, 3.8) is 0 Å². The molecule has 0 aliphatic carbocycles. The topological polar surface area (TPSA) is 34.4 Å². The lowest BCUT2D eigenvalue weighted by atomic mass is 10.4. The second-order valence-corrected chi connectivity index (χ2v) is 3.01. The van der Waals surface area contributed by atoms with E-state index < -0.39 is 0 Å². The molecule has 1 aromatic rings. The predicted molar refractivity (Wildman–Crippen MR) is 51.5 cm³/mol. The highest BCUT2D eigenvalue weighted by molar-refractivity contribution is 4.96. The minimum Gasteiger partial charge on any atom is -0.467 e. The van der Waals surface area contributed by atoms with Gasteiger partial charge in [-0.05, 0) is 25.6 Å². The molecule has 0 bridgehead atoms. The van der Waals surface area contributed by atoms with Crippen molar-refractivity contribution in [2.75, 3.05) is 13.1 Å². The molecule has 0 radical (unpaired) electrons. The number of nitrogens with one attached hydrogen (secondary N) is 1. The van der Waals surface area contributed by atoms with Gasteiger partial charge in [-0.2, -0.15) is 0 Å². The summed E-state index contributed by atoms with van der Waals surface area (Å²) < 4.78 is 10.7. The molecule has 0 spiro atoms. The number of furan rings is 1. The summed E-state index contributed by atoms with van der Waals surface area (Å²) in [5.41, 5.74) is 0. The number of hydrogen-bond acceptors (Lipinski definition) is 3. The molecule has 1 rings (SSSR count). The van der Waals surface area contributed by atoms with E-state index in [2.05, 4.69) is 12.2 Å². The van der Waals surface area contributed by atoms with E-state index in [1.807, 2.05) is 19.1 Å². The van der Waals surface area contributed by atoms with Gasteiger partial charge in [-0.3, -0.25) is 0 Å². The van der Waals surface area contributed by atoms with Crippen LogP contribution in [-0.4, -0.2) is 19.2 Å². The monoisotopic (exact) mass is 183 g/mol. The summed E-state index contributed by atoms with van der Waals surface area (Å²) in [6.07, 6.45) is 1.89. The predicted octanol–water partition coefficient (Wildman–Crippen LogP) is 1.79. The van der Waals surface area contributed by atoms with Crippen molar-refractivity contribution in [1.29, 1.82) is 0 Å². The summed E-state index contributed by atoms with van der Waals surface area (Å²) in [4.78, 5) is 0. The molecule has 0 aromatic carbocycles. The van der Waals surface area contributed by atoms with Gasteiger partial charge in [0, 0.05) is 6.54 Å². The fourth-order valence-corrected chi connectivity index (χ4v) is 1.03. The zero-order chi connectivity index (χ0) is 9.52. The zero-order valence-corrected chi connectivity index (χ0v) is 8.25. The van der Waals surface area contributed by atoms with Crippen LogP contribution in [0.1, 0.15) is 19.6 Å². The maximum absolute atomic E-state index is 5.53. The molecule has 74 valence electrons. The highest BCUT2D eigenvalue weighted by Crippen LogP contribution is 2.03. The van der Waals surface area contributed by atoms with Gasteiger partial charge in [-0.25, -0.2) is 0 Å². The van der Waals surface area contributed by atoms with E-state index in [-0.39, 0.29) is 6.10 Å². The molecule has 1 unspecified atom stereocenters. The third-order valence-electron chi connectivity index (χ3n) is 1.77. The summed E-state index contributed by atoms with van der Waals surface area (Å²) in [6, 6.07) is 3.79. The Kier molecular flexibility index (Phi) is 4.57. The largest absolute Gasteiger partial charge is 0.467 e. The Hall–Kier alpha value is -0.800. The zero-order valence-electron chi connectivity index (χ0n) is 8.25. The van der Waals surface area contributed by atoms with Crippen molar-refractivity contribution >= 4 is 0 Å². The Morgan fingerprint density at radius 2 is 2.46 bits per heavy atom. The summed E-state index contributed by atoms with van der Waals surface area (Å²) in [5.74, 6) is 0.878. The highest BCUT2D eigenvalue weighted by Gasteiger charge is 2.02. The lowest BCUT2D eigenvalue weighted by Crippen LogP contribution is -2.26. The minimum atomic E-state index is 0.227. The first kappa shape index (κ1) is 10.3. The van der Waals surface area contributed by atoms with Gasteiger partial charge < -0.3 is 14.5 Å².